The maximum Gasteiger partial charge on any atom is 0.573 e. The molecule has 1 aliphatic heterocycles. The zero-order chi connectivity index (χ0) is 18.2. The molecule has 128 valence electrons. The molecule has 0 aromatic heterocycles. The van der Waals surface area contributed by atoms with Gasteiger partial charge < -0.3 is 9.47 Å². The van der Waals surface area contributed by atoms with Gasteiger partial charge in [-0.2, -0.15) is 5.26 Å². The quantitative estimate of drug-likeness (QED) is 0.846. The number of nitrogens with zero attached hydrogens (tertiary/aromatic N) is 2. The van der Waals surface area contributed by atoms with E-state index >= 15 is 0 Å². The molecule has 0 radical (unpaired) electrons. The van der Waals surface area contributed by atoms with E-state index in [0.29, 0.717) is 11.3 Å². The molecule has 0 bridgehead atoms. The normalized spacial score (nSPS) is 16.4. The van der Waals surface area contributed by atoms with Crippen LogP contribution in [0.4, 0.5) is 18.9 Å². The van der Waals surface area contributed by atoms with Gasteiger partial charge in [0.1, 0.15) is 11.5 Å². The summed E-state index contributed by atoms with van der Waals surface area (Å²) in [5, 5.41) is 9.48. The lowest BCUT2D eigenvalue weighted by Crippen LogP contribution is -2.27. The molecule has 1 atom stereocenters. The van der Waals surface area contributed by atoms with Gasteiger partial charge in [-0.1, -0.05) is 12.1 Å². The molecule has 8 heteroatoms. The van der Waals surface area contributed by atoms with Crippen molar-refractivity contribution in [3.8, 4) is 17.6 Å². The molecule has 5 nitrogen and oxygen atoms in total. The minimum atomic E-state index is -4.80. The number of anilines is 1. The number of hydrogen-bond acceptors (Lipinski definition) is 4. The van der Waals surface area contributed by atoms with Gasteiger partial charge in [0.25, 0.3) is 5.91 Å². The standard InChI is InChI=1S/C17H11F3N2O3/c1-24-14-4-2-3-12-13(9-21)22(16(23)15(12)14)10-5-7-11(8-6-10)25-17(18,19)20/h2-8,13H,1H3. The van der Waals surface area contributed by atoms with Crippen LogP contribution in [0.5, 0.6) is 11.5 Å². The first kappa shape index (κ1) is 16.6. The van der Waals surface area contributed by atoms with Crippen molar-refractivity contribution in [2.75, 3.05) is 12.0 Å². The Morgan fingerprint density at radius 3 is 2.40 bits per heavy atom. The van der Waals surface area contributed by atoms with Gasteiger partial charge in [-0.15, -0.1) is 13.2 Å². The maximum absolute atomic E-state index is 12.7. The maximum atomic E-state index is 12.7. The molecule has 0 N–H and O–H groups in total. The van der Waals surface area contributed by atoms with E-state index in [1.54, 1.807) is 18.2 Å². The summed E-state index contributed by atoms with van der Waals surface area (Å²) in [6.45, 7) is 0. The number of ether oxygens (including phenoxy) is 2. The van der Waals surface area contributed by atoms with Gasteiger partial charge in [-0.05, 0) is 30.3 Å². The van der Waals surface area contributed by atoms with Gasteiger partial charge in [0.15, 0.2) is 6.04 Å². The third-order valence-corrected chi connectivity index (χ3v) is 3.73. The van der Waals surface area contributed by atoms with E-state index < -0.39 is 24.1 Å². The molecule has 0 saturated carbocycles. The molecular formula is C17H11F3N2O3. The predicted octanol–water partition coefficient (Wildman–Crippen LogP) is 3.82. The van der Waals surface area contributed by atoms with E-state index in [9.17, 15) is 23.2 Å². The number of carbonyl (C=O) groups is 1. The molecule has 0 spiro atoms. The number of carbonyl (C=O) groups excluding carboxylic acids is 1. The van der Waals surface area contributed by atoms with Crippen LogP contribution in [0.1, 0.15) is 22.0 Å². The summed E-state index contributed by atoms with van der Waals surface area (Å²) in [5.74, 6) is -0.530. The summed E-state index contributed by atoms with van der Waals surface area (Å²) in [4.78, 5) is 14.0. The first-order chi connectivity index (χ1) is 11.9. The Morgan fingerprint density at radius 1 is 1.16 bits per heavy atom. The van der Waals surface area contributed by atoms with Crippen LogP contribution in [-0.4, -0.2) is 19.4 Å². The van der Waals surface area contributed by atoms with Crippen LogP contribution in [0.15, 0.2) is 42.5 Å². The second kappa shape index (κ2) is 6.02. The van der Waals surface area contributed by atoms with Gasteiger partial charge >= 0.3 is 6.36 Å². The van der Waals surface area contributed by atoms with Gasteiger partial charge in [-0.25, -0.2) is 0 Å². The Balaban J connectivity index is 1.98. The Morgan fingerprint density at radius 2 is 1.84 bits per heavy atom. The van der Waals surface area contributed by atoms with Gasteiger partial charge in [0.05, 0.1) is 18.7 Å². The summed E-state index contributed by atoms with van der Waals surface area (Å²) in [6, 6.07) is 10.8. The summed E-state index contributed by atoms with van der Waals surface area (Å²) in [7, 11) is 1.41. The number of alkyl halides is 3. The summed E-state index contributed by atoms with van der Waals surface area (Å²) in [5.41, 5.74) is 1.04. The summed E-state index contributed by atoms with van der Waals surface area (Å²) in [6.07, 6.45) is -4.80. The van der Waals surface area contributed by atoms with E-state index in [1.807, 2.05) is 6.07 Å². The second-order valence-corrected chi connectivity index (χ2v) is 5.17. The number of fused-ring (bicyclic) bond motifs is 1. The van der Waals surface area contributed by atoms with Crippen LogP contribution in [0.2, 0.25) is 0 Å². The number of halogens is 3. The number of rotatable bonds is 3. The molecule has 25 heavy (non-hydrogen) atoms. The Labute approximate surface area is 140 Å². The van der Waals surface area contributed by atoms with Crippen molar-refractivity contribution in [3.63, 3.8) is 0 Å². The van der Waals surface area contributed by atoms with Crippen molar-refractivity contribution in [2.45, 2.75) is 12.4 Å². The van der Waals surface area contributed by atoms with Crippen molar-refractivity contribution in [1.29, 1.82) is 5.26 Å². The molecule has 1 aliphatic rings. The van der Waals surface area contributed by atoms with Crippen LogP contribution in [0, 0.1) is 11.3 Å². The number of methoxy groups -OCH3 is 1. The molecule has 0 aliphatic carbocycles. The first-order valence-electron chi connectivity index (χ1n) is 7.11. The molecule has 1 amide bonds. The molecule has 2 aromatic rings. The molecule has 1 unspecified atom stereocenters. The smallest absolute Gasteiger partial charge is 0.496 e. The van der Waals surface area contributed by atoms with Gasteiger partial charge in [0, 0.05) is 11.3 Å². The van der Waals surface area contributed by atoms with E-state index in [4.69, 9.17) is 4.74 Å². The van der Waals surface area contributed by atoms with Crippen molar-refractivity contribution in [2.24, 2.45) is 0 Å². The van der Waals surface area contributed by atoms with E-state index in [1.165, 1.54) is 24.1 Å². The summed E-state index contributed by atoms with van der Waals surface area (Å²) >= 11 is 0. The van der Waals surface area contributed by atoms with Crippen molar-refractivity contribution in [1.82, 2.24) is 0 Å². The number of hydrogen-bond donors (Lipinski definition) is 0. The first-order valence-corrected chi connectivity index (χ1v) is 7.11. The monoisotopic (exact) mass is 348 g/mol. The minimum Gasteiger partial charge on any atom is -0.496 e. The average Bonchev–Trinajstić information content (AvgIpc) is 2.86. The lowest BCUT2D eigenvalue weighted by Gasteiger charge is -2.20. The fourth-order valence-corrected chi connectivity index (χ4v) is 2.75. The lowest BCUT2D eigenvalue weighted by molar-refractivity contribution is -0.274. The fourth-order valence-electron chi connectivity index (χ4n) is 2.75. The predicted molar refractivity (Wildman–Crippen MR) is 81.3 cm³/mol. The Kier molecular flexibility index (Phi) is 4.00. The molecule has 1 heterocycles. The second-order valence-electron chi connectivity index (χ2n) is 5.17. The van der Waals surface area contributed by atoms with Gasteiger partial charge in [-0.3, -0.25) is 9.69 Å². The fraction of sp³-hybridized carbons (Fsp3) is 0.176. The van der Waals surface area contributed by atoms with Crippen LogP contribution in [0.25, 0.3) is 0 Å². The number of amides is 1. The molecule has 2 aromatic carbocycles. The lowest BCUT2D eigenvalue weighted by atomic mass is 10.0. The Hall–Kier alpha value is -3.21. The van der Waals surface area contributed by atoms with Crippen LogP contribution in [-0.2, 0) is 0 Å². The zero-order valence-electron chi connectivity index (χ0n) is 12.9. The summed E-state index contributed by atoms with van der Waals surface area (Å²) < 4.78 is 45.7. The van der Waals surface area contributed by atoms with E-state index in [-0.39, 0.29) is 11.3 Å². The highest BCUT2D eigenvalue weighted by atomic mass is 19.4. The third kappa shape index (κ3) is 2.96. The largest absolute Gasteiger partial charge is 0.573 e. The van der Waals surface area contributed by atoms with Crippen molar-refractivity contribution < 1.29 is 27.4 Å². The highest BCUT2D eigenvalue weighted by Gasteiger charge is 2.40. The third-order valence-electron chi connectivity index (χ3n) is 3.73. The van der Waals surface area contributed by atoms with Crippen molar-refractivity contribution in [3.05, 3.63) is 53.6 Å². The highest BCUT2D eigenvalue weighted by Crippen LogP contribution is 2.41. The average molecular weight is 348 g/mol. The van der Waals surface area contributed by atoms with E-state index in [0.717, 1.165) is 12.1 Å². The zero-order valence-corrected chi connectivity index (χ0v) is 12.9. The van der Waals surface area contributed by atoms with E-state index in [2.05, 4.69) is 4.74 Å². The molecule has 0 saturated heterocycles. The SMILES string of the molecule is COc1cccc2c1C(=O)N(c1ccc(OC(F)(F)F)cc1)C2C#N. The van der Waals surface area contributed by atoms with Crippen LogP contribution >= 0.6 is 0 Å². The van der Waals surface area contributed by atoms with Crippen LogP contribution in [0.3, 0.4) is 0 Å². The minimum absolute atomic E-state index is 0.271. The number of benzene rings is 2. The molecular weight excluding hydrogens is 337 g/mol. The van der Waals surface area contributed by atoms with Crippen molar-refractivity contribution >= 4 is 11.6 Å². The molecule has 3 rings (SSSR count). The highest BCUT2D eigenvalue weighted by molar-refractivity contribution is 6.13. The number of nitriles is 1. The topological polar surface area (TPSA) is 62.6 Å². The Bertz CT molecular complexity index is 857. The van der Waals surface area contributed by atoms with Crippen LogP contribution < -0.4 is 14.4 Å². The van der Waals surface area contributed by atoms with Gasteiger partial charge in [0.2, 0.25) is 0 Å². The molecule has 0 fully saturated rings.